The Morgan fingerprint density at radius 2 is 1.76 bits per heavy atom. The number of nitrogens with zero attached hydrogens (tertiary/aromatic N) is 6. The van der Waals surface area contributed by atoms with Crippen LogP contribution >= 0.6 is 35.0 Å². The van der Waals surface area contributed by atoms with Crippen molar-refractivity contribution in [2.75, 3.05) is 0 Å². The second kappa shape index (κ2) is 9.35. The number of rotatable bonds is 6. The van der Waals surface area contributed by atoms with Gasteiger partial charge in [-0.1, -0.05) is 52.7 Å². The number of benzene rings is 2. The lowest BCUT2D eigenvalue weighted by molar-refractivity contribution is 0.528. The van der Waals surface area contributed by atoms with Gasteiger partial charge in [0, 0.05) is 23.5 Å². The fraction of sp³-hybridized carbons (Fsp3) is 0.0870. The molecule has 0 aliphatic carbocycles. The van der Waals surface area contributed by atoms with Crippen LogP contribution in [0.25, 0.3) is 28.5 Å². The second-order valence-corrected chi connectivity index (χ2v) is 8.89. The summed E-state index contributed by atoms with van der Waals surface area (Å²) in [5.74, 6) is 2.02. The molecule has 3 aromatic heterocycles. The fourth-order valence-corrected chi connectivity index (χ4v) is 4.23. The number of hydrogen-bond acceptors (Lipinski definition) is 7. The highest BCUT2D eigenvalue weighted by atomic mass is 35.5. The maximum atomic E-state index is 6.29. The van der Waals surface area contributed by atoms with Crippen molar-refractivity contribution < 1.29 is 4.42 Å². The van der Waals surface area contributed by atoms with Gasteiger partial charge in [-0.05, 0) is 49.4 Å². The zero-order valence-corrected chi connectivity index (χ0v) is 19.6. The molecule has 2 aromatic carbocycles. The molecule has 33 heavy (non-hydrogen) atoms. The molecule has 0 bridgehead atoms. The first-order valence-corrected chi connectivity index (χ1v) is 11.7. The normalized spacial score (nSPS) is 11.1. The van der Waals surface area contributed by atoms with E-state index in [2.05, 4.69) is 25.4 Å². The maximum absolute atomic E-state index is 6.29. The zero-order valence-electron chi connectivity index (χ0n) is 17.3. The van der Waals surface area contributed by atoms with E-state index in [4.69, 9.17) is 27.6 Å². The first kappa shape index (κ1) is 21.6. The Labute approximate surface area is 203 Å². The van der Waals surface area contributed by atoms with Gasteiger partial charge in [-0.3, -0.25) is 9.55 Å². The van der Waals surface area contributed by atoms with E-state index in [-0.39, 0.29) is 0 Å². The molecular weight excluding hydrogens is 479 g/mol. The van der Waals surface area contributed by atoms with Crippen LogP contribution in [0.4, 0.5) is 0 Å². The molecule has 5 rings (SSSR count). The van der Waals surface area contributed by atoms with E-state index in [0.717, 1.165) is 16.8 Å². The van der Waals surface area contributed by atoms with Crippen molar-refractivity contribution >= 4 is 35.0 Å². The number of halogens is 2. The minimum absolute atomic E-state index is 0.422. The molecule has 0 radical (unpaired) electrons. The molecule has 5 aromatic rings. The molecule has 0 atom stereocenters. The summed E-state index contributed by atoms with van der Waals surface area (Å²) in [5, 5.41) is 18.7. The van der Waals surface area contributed by atoms with Crippen LogP contribution in [0.15, 0.2) is 76.6 Å². The topological polar surface area (TPSA) is 82.5 Å². The summed E-state index contributed by atoms with van der Waals surface area (Å²) in [6.07, 6.45) is 3.44. The van der Waals surface area contributed by atoms with Crippen LogP contribution in [0.1, 0.15) is 11.5 Å². The number of hydrogen-bond donors (Lipinski definition) is 0. The highest BCUT2D eigenvalue weighted by molar-refractivity contribution is 7.98. The monoisotopic (exact) mass is 494 g/mol. The third-order valence-corrected chi connectivity index (χ3v) is 6.46. The SMILES string of the molecule is Cc1ccc(-c2nnc(CSc3nnc(-c4cccnc4)n3-c3ccc(Cl)c(Cl)c3)o2)cc1. The summed E-state index contributed by atoms with van der Waals surface area (Å²) in [6, 6.07) is 17.1. The number of aromatic nitrogens is 6. The first-order valence-electron chi connectivity index (χ1n) is 9.92. The average molecular weight is 495 g/mol. The van der Waals surface area contributed by atoms with E-state index in [0.29, 0.717) is 38.6 Å². The summed E-state index contributed by atoms with van der Waals surface area (Å²) >= 11 is 13.8. The summed E-state index contributed by atoms with van der Waals surface area (Å²) in [4.78, 5) is 4.20. The highest BCUT2D eigenvalue weighted by Gasteiger charge is 2.18. The molecule has 0 aliphatic heterocycles. The Balaban J connectivity index is 1.45. The van der Waals surface area contributed by atoms with Crippen molar-refractivity contribution in [2.24, 2.45) is 0 Å². The van der Waals surface area contributed by atoms with Crippen LogP contribution in [0, 0.1) is 6.92 Å². The zero-order chi connectivity index (χ0) is 22.8. The van der Waals surface area contributed by atoms with Crippen LogP contribution < -0.4 is 0 Å². The minimum Gasteiger partial charge on any atom is -0.420 e. The van der Waals surface area contributed by atoms with Gasteiger partial charge in [0.2, 0.25) is 11.8 Å². The first-order chi connectivity index (χ1) is 16.1. The fourth-order valence-electron chi connectivity index (χ4n) is 3.15. The molecule has 0 spiro atoms. The molecule has 0 unspecified atom stereocenters. The van der Waals surface area contributed by atoms with Crippen molar-refractivity contribution in [1.82, 2.24) is 29.9 Å². The smallest absolute Gasteiger partial charge is 0.247 e. The molecule has 0 aliphatic rings. The van der Waals surface area contributed by atoms with Crippen LogP contribution in [0.2, 0.25) is 10.0 Å². The maximum Gasteiger partial charge on any atom is 0.247 e. The van der Waals surface area contributed by atoms with E-state index >= 15 is 0 Å². The van der Waals surface area contributed by atoms with Crippen molar-refractivity contribution in [1.29, 1.82) is 0 Å². The molecule has 0 fully saturated rings. The predicted molar refractivity (Wildman–Crippen MR) is 129 cm³/mol. The lowest BCUT2D eigenvalue weighted by Crippen LogP contribution is -2.00. The Hall–Kier alpha value is -3.20. The molecule has 0 saturated heterocycles. The Morgan fingerprint density at radius 1 is 0.909 bits per heavy atom. The van der Waals surface area contributed by atoms with Crippen LogP contribution in [0.3, 0.4) is 0 Å². The van der Waals surface area contributed by atoms with Crippen LogP contribution in [-0.2, 0) is 5.75 Å². The Kier molecular flexibility index (Phi) is 6.13. The third-order valence-electron chi connectivity index (χ3n) is 4.80. The van der Waals surface area contributed by atoms with Gasteiger partial charge in [0.05, 0.1) is 21.5 Å². The minimum atomic E-state index is 0.422. The molecule has 0 N–H and O–H groups in total. The summed E-state index contributed by atoms with van der Waals surface area (Å²) < 4.78 is 7.76. The van der Waals surface area contributed by atoms with E-state index in [1.54, 1.807) is 24.5 Å². The largest absolute Gasteiger partial charge is 0.420 e. The van der Waals surface area contributed by atoms with Crippen molar-refractivity contribution in [3.8, 4) is 28.5 Å². The molecule has 7 nitrogen and oxygen atoms in total. The van der Waals surface area contributed by atoms with Gasteiger partial charge in [-0.25, -0.2) is 0 Å². The van der Waals surface area contributed by atoms with Crippen LogP contribution in [0.5, 0.6) is 0 Å². The Bertz CT molecular complexity index is 1400. The highest BCUT2D eigenvalue weighted by Crippen LogP contribution is 2.32. The predicted octanol–water partition coefficient (Wildman–Crippen LogP) is 6.29. The molecular formula is C23H16Cl2N6OS. The summed E-state index contributed by atoms with van der Waals surface area (Å²) in [7, 11) is 0. The van der Waals surface area contributed by atoms with Gasteiger partial charge in [-0.2, -0.15) is 0 Å². The van der Waals surface area contributed by atoms with Crippen molar-refractivity contribution in [3.05, 3.63) is 88.5 Å². The average Bonchev–Trinajstić information content (AvgIpc) is 3.48. The van der Waals surface area contributed by atoms with Gasteiger partial charge in [0.1, 0.15) is 0 Å². The van der Waals surface area contributed by atoms with Gasteiger partial charge < -0.3 is 4.42 Å². The number of pyridine rings is 1. The van der Waals surface area contributed by atoms with Gasteiger partial charge in [0.15, 0.2) is 11.0 Å². The molecule has 0 saturated carbocycles. The van der Waals surface area contributed by atoms with Crippen molar-refractivity contribution in [3.63, 3.8) is 0 Å². The van der Waals surface area contributed by atoms with Gasteiger partial charge in [0.25, 0.3) is 0 Å². The van der Waals surface area contributed by atoms with E-state index in [1.165, 1.54) is 17.3 Å². The number of thioether (sulfide) groups is 1. The summed E-state index contributed by atoms with van der Waals surface area (Å²) in [5.41, 5.74) is 3.64. The summed E-state index contributed by atoms with van der Waals surface area (Å²) in [6.45, 7) is 2.03. The third kappa shape index (κ3) is 4.64. The second-order valence-electron chi connectivity index (χ2n) is 7.14. The van der Waals surface area contributed by atoms with Crippen LogP contribution in [-0.4, -0.2) is 29.9 Å². The molecule has 10 heteroatoms. The Morgan fingerprint density at radius 3 is 2.52 bits per heavy atom. The quantitative estimate of drug-likeness (QED) is 0.256. The number of aryl methyl sites for hydroxylation is 1. The molecule has 0 amide bonds. The lowest BCUT2D eigenvalue weighted by atomic mass is 10.1. The van der Waals surface area contributed by atoms with E-state index in [1.807, 2.05) is 54.0 Å². The lowest BCUT2D eigenvalue weighted by Gasteiger charge is -2.10. The molecule has 3 heterocycles. The van der Waals surface area contributed by atoms with E-state index in [9.17, 15) is 0 Å². The standard InChI is InChI=1S/C23H16Cl2N6OS/c1-14-4-6-15(7-5-14)22-29-27-20(32-22)13-33-23-30-28-21(16-3-2-10-26-12-16)31(23)17-8-9-18(24)19(25)11-17/h2-12H,13H2,1H3. The van der Waals surface area contributed by atoms with Gasteiger partial charge in [-0.15, -0.1) is 20.4 Å². The molecule has 164 valence electrons. The van der Waals surface area contributed by atoms with Gasteiger partial charge >= 0.3 is 0 Å². The van der Waals surface area contributed by atoms with Crippen molar-refractivity contribution in [2.45, 2.75) is 17.8 Å². The van der Waals surface area contributed by atoms with E-state index < -0.39 is 0 Å².